The average Bonchev–Trinajstić information content (AvgIpc) is 2.44. The number of para-hydroxylation sites is 1. The van der Waals surface area contributed by atoms with Crippen molar-refractivity contribution in [2.75, 3.05) is 0 Å². The molecule has 0 aliphatic rings. The molecule has 0 saturated heterocycles. The van der Waals surface area contributed by atoms with Crippen molar-refractivity contribution in [2.45, 2.75) is 51.1 Å². The van der Waals surface area contributed by atoms with E-state index in [1.807, 2.05) is 0 Å². The van der Waals surface area contributed by atoms with Crippen LogP contribution in [0.15, 0.2) is 24.3 Å². The second kappa shape index (κ2) is 8.48. The van der Waals surface area contributed by atoms with Crippen molar-refractivity contribution in [2.24, 2.45) is 0 Å². The molecule has 1 aromatic carbocycles. The highest BCUT2D eigenvalue weighted by atomic mass is 35.5. The Kier molecular flexibility index (Phi) is 7.14. The number of carbonyl (C=O) groups excluding carboxylic acids is 2. The zero-order chi connectivity index (χ0) is 20.1. The van der Waals surface area contributed by atoms with E-state index in [9.17, 15) is 22.8 Å². The van der Waals surface area contributed by atoms with Gasteiger partial charge < -0.3 is 18.9 Å². The number of hydrogen-bond donors (Lipinski definition) is 0. The number of halogens is 4. The number of benzene rings is 1. The SMILES string of the molecule is CC(C)OC(=O)Oc1ccccc1C(Cl)OC(=O)OC(C)(C)C(F)(F)F. The lowest BCUT2D eigenvalue weighted by Gasteiger charge is -2.27. The zero-order valence-corrected chi connectivity index (χ0v) is 15.2. The van der Waals surface area contributed by atoms with Crippen molar-refractivity contribution in [1.29, 1.82) is 0 Å². The predicted octanol–water partition coefficient (Wildman–Crippen LogP) is 5.34. The van der Waals surface area contributed by atoms with E-state index in [0.29, 0.717) is 13.8 Å². The molecular formula is C16H18ClF3O6. The molecule has 0 aliphatic carbocycles. The van der Waals surface area contributed by atoms with Gasteiger partial charge in [0.05, 0.1) is 11.7 Å². The summed E-state index contributed by atoms with van der Waals surface area (Å²) in [7, 11) is 0. The summed E-state index contributed by atoms with van der Waals surface area (Å²) in [5.41, 5.74) is -4.30. The summed E-state index contributed by atoms with van der Waals surface area (Å²) >= 11 is 5.90. The molecule has 1 aromatic rings. The maximum absolute atomic E-state index is 12.7. The molecule has 0 bridgehead atoms. The lowest BCUT2D eigenvalue weighted by molar-refractivity contribution is -0.249. The lowest BCUT2D eigenvalue weighted by Crippen LogP contribution is -2.43. The largest absolute Gasteiger partial charge is 0.514 e. The molecule has 1 unspecified atom stereocenters. The maximum atomic E-state index is 12.7. The summed E-state index contributed by atoms with van der Waals surface area (Å²) < 4.78 is 56.9. The monoisotopic (exact) mass is 398 g/mol. The summed E-state index contributed by atoms with van der Waals surface area (Å²) in [6.07, 6.45) is -7.88. The first-order chi connectivity index (χ1) is 11.8. The van der Waals surface area contributed by atoms with Gasteiger partial charge in [-0.05, 0) is 33.8 Å². The molecule has 6 nitrogen and oxygen atoms in total. The van der Waals surface area contributed by atoms with Crippen molar-refractivity contribution < 1.29 is 41.7 Å². The molecule has 10 heteroatoms. The third kappa shape index (κ3) is 6.29. The van der Waals surface area contributed by atoms with Crippen LogP contribution in [0.3, 0.4) is 0 Å². The van der Waals surface area contributed by atoms with Gasteiger partial charge >= 0.3 is 18.5 Å². The van der Waals surface area contributed by atoms with Gasteiger partial charge in [-0.15, -0.1) is 0 Å². The van der Waals surface area contributed by atoms with Gasteiger partial charge in [0.1, 0.15) is 5.75 Å². The normalized spacial score (nSPS) is 13.1. The topological polar surface area (TPSA) is 71.1 Å². The number of alkyl halides is 4. The summed E-state index contributed by atoms with van der Waals surface area (Å²) in [4.78, 5) is 23.2. The Hall–Kier alpha value is -2.16. The van der Waals surface area contributed by atoms with Crippen LogP contribution in [-0.2, 0) is 14.2 Å². The number of ether oxygens (including phenoxy) is 4. The first kappa shape index (κ1) is 21.9. The Bertz CT molecular complexity index is 645. The molecule has 146 valence electrons. The molecule has 0 amide bonds. The van der Waals surface area contributed by atoms with Crippen LogP contribution in [0.2, 0.25) is 0 Å². The molecule has 0 heterocycles. The van der Waals surface area contributed by atoms with Crippen LogP contribution >= 0.6 is 11.6 Å². The Morgan fingerprint density at radius 2 is 1.62 bits per heavy atom. The number of hydrogen-bond acceptors (Lipinski definition) is 6. The van der Waals surface area contributed by atoms with Crippen molar-refractivity contribution >= 4 is 23.9 Å². The summed E-state index contributed by atoms with van der Waals surface area (Å²) in [6, 6.07) is 5.72. The number of rotatable bonds is 5. The Balaban J connectivity index is 2.83. The molecule has 0 fully saturated rings. The molecule has 1 rings (SSSR count). The molecule has 26 heavy (non-hydrogen) atoms. The van der Waals surface area contributed by atoms with Crippen LogP contribution in [0, 0.1) is 0 Å². The van der Waals surface area contributed by atoms with Crippen molar-refractivity contribution in [3.8, 4) is 5.75 Å². The van der Waals surface area contributed by atoms with Gasteiger partial charge in [0.15, 0.2) is 0 Å². The van der Waals surface area contributed by atoms with E-state index in [1.165, 1.54) is 24.3 Å². The Morgan fingerprint density at radius 3 is 2.15 bits per heavy atom. The highest BCUT2D eigenvalue weighted by Gasteiger charge is 2.51. The van der Waals surface area contributed by atoms with Gasteiger partial charge in [0, 0.05) is 0 Å². The van der Waals surface area contributed by atoms with Gasteiger partial charge in [0.2, 0.25) is 11.2 Å². The van der Waals surface area contributed by atoms with Crippen molar-refractivity contribution in [3.05, 3.63) is 29.8 Å². The fourth-order valence-electron chi connectivity index (χ4n) is 1.51. The molecule has 0 aliphatic heterocycles. The van der Waals surface area contributed by atoms with Crippen LogP contribution < -0.4 is 4.74 Å². The second-order valence-electron chi connectivity index (χ2n) is 5.85. The minimum absolute atomic E-state index is 0.0247. The summed E-state index contributed by atoms with van der Waals surface area (Å²) in [6.45, 7) is 4.55. The molecule has 0 N–H and O–H groups in total. The first-order valence-electron chi connectivity index (χ1n) is 7.41. The van der Waals surface area contributed by atoms with Crippen LogP contribution in [0.5, 0.6) is 5.75 Å². The van der Waals surface area contributed by atoms with E-state index in [0.717, 1.165) is 0 Å². The second-order valence-corrected chi connectivity index (χ2v) is 6.25. The third-order valence-electron chi connectivity index (χ3n) is 2.91. The fraction of sp³-hybridized carbons (Fsp3) is 0.500. The number of carbonyl (C=O) groups is 2. The first-order valence-corrected chi connectivity index (χ1v) is 7.85. The van der Waals surface area contributed by atoms with Crippen molar-refractivity contribution in [1.82, 2.24) is 0 Å². The maximum Gasteiger partial charge on any atom is 0.514 e. The smallest absolute Gasteiger partial charge is 0.431 e. The molecule has 0 saturated carbocycles. The molecule has 0 spiro atoms. The summed E-state index contributed by atoms with van der Waals surface area (Å²) in [5, 5.41) is 0. The Labute approximate surface area is 153 Å². The lowest BCUT2D eigenvalue weighted by atomic mass is 10.1. The van der Waals surface area contributed by atoms with Gasteiger partial charge in [-0.2, -0.15) is 13.2 Å². The molecule has 0 radical (unpaired) electrons. The molecular weight excluding hydrogens is 381 g/mol. The minimum atomic E-state index is -4.80. The van der Waals surface area contributed by atoms with E-state index in [4.69, 9.17) is 21.1 Å². The van der Waals surface area contributed by atoms with E-state index in [1.54, 1.807) is 13.8 Å². The van der Waals surface area contributed by atoms with Gasteiger partial charge in [0.25, 0.3) is 0 Å². The summed E-state index contributed by atoms with van der Waals surface area (Å²) in [5.74, 6) is -0.0824. The van der Waals surface area contributed by atoms with Crippen LogP contribution in [0.4, 0.5) is 22.8 Å². The van der Waals surface area contributed by atoms with Crippen LogP contribution in [-0.4, -0.2) is 30.2 Å². The average molecular weight is 399 g/mol. The fourth-order valence-corrected chi connectivity index (χ4v) is 1.76. The van der Waals surface area contributed by atoms with Gasteiger partial charge in [-0.3, -0.25) is 0 Å². The van der Waals surface area contributed by atoms with E-state index in [2.05, 4.69) is 9.47 Å². The molecule has 0 aromatic heterocycles. The van der Waals surface area contributed by atoms with E-state index >= 15 is 0 Å². The van der Waals surface area contributed by atoms with Gasteiger partial charge in [-0.1, -0.05) is 29.8 Å². The Morgan fingerprint density at radius 1 is 1.04 bits per heavy atom. The van der Waals surface area contributed by atoms with E-state index < -0.39 is 35.8 Å². The van der Waals surface area contributed by atoms with Crippen LogP contribution in [0.1, 0.15) is 38.8 Å². The van der Waals surface area contributed by atoms with Crippen LogP contribution in [0.25, 0.3) is 0 Å². The van der Waals surface area contributed by atoms with E-state index in [-0.39, 0.29) is 11.3 Å². The quantitative estimate of drug-likeness (QED) is 0.378. The minimum Gasteiger partial charge on any atom is -0.431 e. The van der Waals surface area contributed by atoms with Crippen molar-refractivity contribution in [3.63, 3.8) is 0 Å². The standard InChI is InChI=1S/C16H18ClF3O6/c1-9(2)23-13(21)24-11-8-6-5-7-10(11)12(17)25-14(22)26-15(3,4)16(18,19)20/h5-9,12H,1-4H3. The highest BCUT2D eigenvalue weighted by molar-refractivity contribution is 6.20. The highest BCUT2D eigenvalue weighted by Crippen LogP contribution is 2.35. The third-order valence-corrected chi connectivity index (χ3v) is 3.23. The zero-order valence-electron chi connectivity index (χ0n) is 14.4. The predicted molar refractivity (Wildman–Crippen MR) is 85.0 cm³/mol. The molecule has 1 atom stereocenters. The van der Waals surface area contributed by atoms with Gasteiger partial charge in [-0.25, -0.2) is 9.59 Å².